The first-order chi connectivity index (χ1) is 5.57. The van der Waals surface area contributed by atoms with Crippen LogP contribution in [0.25, 0.3) is 0 Å². The van der Waals surface area contributed by atoms with Crippen LogP contribution in [0.5, 0.6) is 0 Å². The quantitative estimate of drug-likeness (QED) is 0.604. The Morgan fingerprint density at radius 1 is 0.917 bits per heavy atom. The van der Waals surface area contributed by atoms with E-state index in [-0.39, 0.29) is 6.29 Å². The molecule has 0 aromatic carbocycles. The van der Waals surface area contributed by atoms with E-state index in [2.05, 4.69) is 27.7 Å². The third-order valence-corrected chi connectivity index (χ3v) is 3.41. The lowest BCUT2D eigenvalue weighted by atomic mass is 9.79. The minimum absolute atomic E-state index is 0.00815. The second kappa shape index (κ2) is 3.75. The van der Waals surface area contributed by atoms with Gasteiger partial charge in [-0.25, -0.2) is 0 Å². The van der Waals surface area contributed by atoms with Gasteiger partial charge in [0.2, 0.25) is 0 Å². The maximum Gasteiger partial charge on any atom is 0.160 e. The van der Waals surface area contributed by atoms with E-state index in [0.29, 0.717) is 23.9 Å². The average Bonchev–Trinajstić information content (AvgIpc) is 2.08. The summed E-state index contributed by atoms with van der Waals surface area (Å²) in [4.78, 5) is 0. The lowest BCUT2D eigenvalue weighted by Gasteiger charge is -2.41. The van der Waals surface area contributed by atoms with Crippen molar-refractivity contribution in [3.8, 4) is 0 Å². The molecule has 1 rings (SSSR count). The van der Waals surface area contributed by atoms with Gasteiger partial charge in [-0.2, -0.15) is 0 Å². The molecule has 0 amide bonds. The van der Waals surface area contributed by atoms with Crippen LogP contribution in [-0.4, -0.2) is 19.5 Å². The molecule has 1 fully saturated rings. The van der Waals surface area contributed by atoms with Gasteiger partial charge in [-0.1, -0.05) is 20.8 Å². The molecule has 1 aliphatic rings. The monoisotopic (exact) mass is 172 g/mol. The van der Waals surface area contributed by atoms with Crippen molar-refractivity contribution in [3.05, 3.63) is 0 Å². The molecule has 72 valence electrons. The summed E-state index contributed by atoms with van der Waals surface area (Å²) < 4.78 is 11.0. The zero-order chi connectivity index (χ0) is 9.30. The van der Waals surface area contributed by atoms with Gasteiger partial charge in [0.15, 0.2) is 6.29 Å². The third-order valence-electron chi connectivity index (χ3n) is 3.41. The van der Waals surface area contributed by atoms with E-state index in [0.717, 1.165) is 0 Å². The van der Waals surface area contributed by atoms with Gasteiger partial charge < -0.3 is 9.47 Å². The lowest BCUT2D eigenvalue weighted by Crippen LogP contribution is -2.44. The smallest absolute Gasteiger partial charge is 0.160 e. The Kier molecular flexibility index (Phi) is 3.13. The van der Waals surface area contributed by atoms with Crippen LogP contribution >= 0.6 is 0 Å². The van der Waals surface area contributed by atoms with E-state index in [9.17, 15) is 0 Å². The summed E-state index contributed by atoms with van der Waals surface area (Å²) in [6, 6.07) is 0. The van der Waals surface area contributed by atoms with Gasteiger partial charge in [0.1, 0.15) is 0 Å². The molecule has 2 heteroatoms. The van der Waals surface area contributed by atoms with Gasteiger partial charge in [0.05, 0.1) is 6.10 Å². The summed E-state index contributed by atoms with van der Waals surface area (Å²) in [7, 11) is 1.72. The minimum Gasteiger partial charge on any atom is -0.356 e. The van der Waals surface area contributed by atoms with Crippen molar-refractivity contribution in [2.24, 2.45) is 17.8 Å². The van der Waals surface area contributed by atoms with E-state index in [4.69, 9.17) is 9.47 Å². The number of hydrogen-bond donors (Lipinski definition) is 0. The maximum absolute atomic E-state index is 5.71. The van der Waals surface area contributed by atoms with Crippen LogP contribution in [-0.2, 0) is 9.47 Å². The maximum atomic E-state index is 5.71. The van der Waals surface area contributed by atoms with Gasteiger partial charge >= 0.3 is 0 Å². The first kappa shape index (κ1) is 10.0. The van der Waals surface area contributed by atoms with Crippen molar-refractivity contribution >= 4 is 0 Å². The van der Waals surface area contributed by atoms with Crippen LogP contribution in [0.1, 0.15) is 27.7 Å². The molecule has 0 radical (unpaired) electrons. The molecule has 2 unspecified atom stereocenters. The molecular formula is C10H20O2. The fourth-order valence-corrected chi connectivity index (χ4v) is 1.88. The molecule has 1 aliphatic heterocycles. The molecule has 0 N–H and O–H groups in total. The fourth-order valence-electron chi connectivity index (χ4n) is 1.88. The largest absolute Gasteiger partial charge is 0.356 e. The van der Waals surface area contributed by atoms with Crippen molar-refractivity contribution < 1.29 is 9.47 Å². The lowest BCUT2D eigenvalue weighted by molar-refractivity contribution is -0.232. The number of hydrogen-bond acceptors (Lipinski definition) is 2. The second-order valence-corrected chi connectivity index (χ2v) is 4.02. The predicted molar refractivity (Wildman–Crippen MR) is 48.8 cm³/mol. The average molecular weight is 172 g/mol. The van der Waals surface area contributed by atoms with Crippen LogP contribution < -0.4 is 0 Å². The molecule has 2 nitrogen and oxygen atoms in total. The first-order valence-electron chi connectivity index (χ1n) is 4.76. The van der Waals surface area contributed by atoms with E-state index in [1.807, 2.05) is 0 Å². The molecule has 0 spiro atoms. The summed E-state index contributed by atoms with van der Waals surface area (Å²) in [5, 5.41) is 0. The second-order valence-electron chi connectivity index (χ2n) is 4.02. The predicted octanol–water partition coefficient (Wildman–Crippen LogP) is 2.29. The molecular weight excluding hydrogens is 152 g/mol. The summed E-state index contributed by atoms with van der Waals surface area (Å²) in [6.45, 7) is 8.85. The van der Waals surface area contributed by atoms with Gasteiger partial charge in [0.25, 0.3) is 0 Å². The van der Waals surface area contributed by atoms with Crippen molar-refractivity contribution in [2.75, 3.05) is 7.11 Å². The highest BCUT2D eigenvalue weighted by atomic mass is 16.7. The molecule has 0 aromatic rings. The van der Waals surface area contributed by atoms with E-state index < -0.39 is 0 Å². The van der Waals surface area contributed by atoms with Crippen LogP contribution in [0.4, 0.5) is 0 Å². The van der Waals surface area contributed by atoms with Crippen LogP contribution in [0.2, 0.25) is 0 Å². The third kappa shape index (κ3) is 1.64. The van der Waals surface area contributed by atoms with Gasteiger partial charge in [0, 0.05) is 13.0 Å². The first-order valence-corrected chi connectivity index (χ1v) is 4.76. The SMILES string of the molecule is CO[C@@H]1OC(C)[C@H](C)[C@@H](C)C1C. The number of rotatable bonds is 1. The summed E-state index contributed by atoms with van der Waals surface area (Å²) in [5.41, 5.74) is 0. The molecule has 0 saturated carbocycles. The van der Waals surface area contributed by atoms with Gasteiger partial charge in [-0.05, 0) is 18.8 Å². The summed E-state index contributed by atoms with van der Waals surface area (Å²) in [6.07, 6.45) is 0.312. The van der Waals surface area contributed by atoms with Crippen molar-refractivity contribution in [2.45, 2.75) is 40.1 Å². The Bertz CT molecular complexity index is 142. The number of ether oxygens (including phenoxy) is 2. The van der Waals surface area contributed by atoms with E-state index in [1.165, 1.54) is 0 Å². The highest BCUT2D eigenvalue weighted by Crippen LogP contribution is 2.34. The van der Waals surface area contributed by atoms with E-state index in [1.54, 1.807) is 7.11 Å². The van der Waals surface area contributed by atoms with E-state index >= 15 is 0 Å². The van der Waals surface area contributed by atoms with Crippen LogP contribution in [0, 0.1) is 17.8 Å². The van der Waals surface area contributed by atoms with Crippen molar-refractivity contribution in [1.82, 2.24) is 0 Å². The molecule has 1 saturated heterocycles. The Morgan fingerprint density at radius 3 is 2.00 bits per heavy atom. The zero-order valence-corrected chi connectivity index (χ0v) is 8.70. The highest BCUT2D eigenvalue weighted by Gasteiger charge is 2.36. The van der Waals surface area contributed by atoms with Crippen LogP contribution in [0.15, 0.2) is 0 Å². The van der Waals surface area contributed by atoms with Crippen molar-refractivity contribution in [1.29, 1.82) is 0 Å². The van der Waals surface area contributed by atoms with Crippen molar-refractivity contribution in [3.63, 3.8) is 0 Å². The fraction of sp³-hybridized carbons (Fsp3) is 1.00. The summed E-state index contributed by atoms with van der Waals surface area (Å²) in [5.74, 6) is 1.81. The molecule has 0 aliphatic carbocycles. The Morgan fingerprint density at radius 2 is 1.50 bits per heavy atom. The molecule has 12 heavy (non-hydrogen) atoms. The molecule has 0 bridgehead atoms. The summed E-state index contributed by atoms with van der Waals surface area (Å²) >= 11 is 0. The molecule has 0 aromatic heterocycles. The van der Waals surface area contributed by atoms with Gasteiger partial charge in [-0.15, -0.1) is 0 Å². The Balaban J connectivity index is 2.63. The van der Waals surface area contributed by atoms with Gasteiger partial charge in [-0.3, -0.25) is 0 Å². The highest BCUT2D eigenvalue weighted by molar-refractivity contribution is 4.80. The zero-order valence-electron chi connectivity index (χ0n) is 8.70. The minimum atomic E-state index is -0.00815. The molecule has 5 atom stereocenters. The normalized spacial score (nSPS) is 49.2. The topological polar surface area (TPSA) is 18.5 Å². The van der Waals surface area contributed by atoms with Crippen LogP contribution in [0.3, 0.4) is 0 Å². The molecule has 1 heterocycles. The Labute approximate surface area is 75.2 Å². The number of methoxy groups -OCH3 is 1. The Hall–Kier alpha value is -0.0800. The standard InChI is InChI=1S/C10H20O2/c1-6-7(2)9(4)12-10(11-5)8(6)3/h6-10H,1-5H3/t6-,7-,8?,9?,10-/m1/s1.